The predicted molar refractivity (Wildman–Crippen MR) is 115 cm³/mol. The zero-order valence-corrected chi connectivity index (χ0v) is 17.1. The first-order valence-corrected chi connectivity index (χ1v) is 10.2. The highest BCUT2D eigenvalue weighted by atomic mass is 19.1. The maximum Gasteiger partial charge on any atom is 0.130 e. The Bertz CT molecular complexity index is 1130. The molecule has 2 aliphatic heterocycles. The summed E-state index contributed by atoms with van der Waals surface area (Å²) < 4.78 is 21.1. The van der Waals surface area contributed by atoms with Gasteiger partial charge in [-0.25, -0.2) is 9.37 Å². The smallest absolute Gasteiger partial charge is 0.130 e. The summed E-state index contributed by atoms with van der Waals surface area (Å²) in [4.78, 5) is 16.5. The molecular formula is C23H24FN5O. The molecule has 3 aromatic rings. The minimum atomic E-state index is -0.490. The standard InChI is InChI=1S/C23H24FN5O/c1-16-13-21(28-9-11-30-12-10-28)26-15-23(16,2)22-27-19-7-8-25-14-20(19)29(22)18-5-3-17(24)4-6-18/h3-8,13-15,21H,9-12H2,1-2H3. The van der Waals surface area contributed by atoms with Gasteiger partial charge in [-0.1, -0.05) is 5.57 Å². The van der Waals surface area contributed by atoms with Crippen molar-refractivity contribution in [3.63, 3.8) is 0 Å². The fourth-order valence-corrected chi connectivity index (χ4v) is 4.17. The zero-order chi connectivity index (χ0) is 20.7. The fourth-order valence-electron chi connectivity index (χ4n) is 4.17. The van der Waals surface area contributed by atoms with Crippen molar-refractivity contribution in [2.45, 2.75) is 25.4 Å². The Labute approximate surface area is 174 Å². The highest BCUT2D eigenvalue weighted by Crippen LogP contribution is 2.36. The average molecular weight is 405 g/mol. The summed E-state index contributed by atoms with van der Waals surface area (Å²) in [7, 11) is 0. The van der Waals surface area contributed by atoms with Crippen LogP contribution in [0.4, 0.5) is 4.39 Å². The van der Waals surface area contributed by atoms with E-state index >= 15 is 0 Å². The quantitative estimate of drug-likeness (QED) is 0.626. The minimum absolute atomic E-state index is 0.0206. The second kappa shape index (κ2) is 7.41. The van der Waals surface area contributed by atoms with Crippen molar-refractivity contribution in [2.75, 3.05) is 26.3 Å². The zero-order valence-electron chi connectivity index (χ0n) is 17.1. The van der Waals surface area contributed by atoms with Gasteiger partial charge in [0.2, 0.25) is 0 Å². The van der Waals surface area contributed by atoms with Gasteiger partial charge in [0.05, 0.1) is 35.9 Å². The molecule has 2 aliphatic rings. The molecular weight excluding hydrogens is 381 g/mol. The number of fused-ring (bicyclic) bond motifs is 1. The Hall–Kier alpha value is -2.90. The molecule has 1 aromatic carbocycles. The first-order chi connectivity index (χ1) is 14.6. The van der Waals surface area contributed by atoms with Gasteiger partial charge in [0, 0.05) is 31.2 Å². The van der Waals surface area contributed by atoms with Crippen molar-refractivity contribution in [1.29, 1.82) is 0 Å². The van der Waals surface area contributed by atoms with Gasteiger partial charge in [0.15, 0.2) is 0 Å². The van der Waals surface area contributed by atoms with E-state index in [9.17, 15) is 4.39 Å². The van der Waals surface area contributed by atoms with Crippen LogP contribution < -0.4 is 0 Å². The molecule has 2 aromatic heterocycles. The van der Waals surface area contributed by atoms with E-state index in [4.69, 9.17) is 14.7 Å². The van der Waals surface area contributed by atoms with E-state index in [2.05, 4.69) is 34.4 Å². The molecule has 2 unspecified atom stereocenters. The normalized spacial score (nSPS) is 24.9. The summed E-state index contributed by atoms with van der Waals surface area (Å²) in [6.07, 6.45) is 7.79. The van der Waals surface area contributed by atoms with Crippen LogP contribution in [0.2, 0.25) is 0 Å². The van der Waals surface area contributed by atoms with Crippen LogP contribution in [-0.4, -0.2) is 58.1 Å². The monoisotopic (exact) mass is 405 g/mol. The Morgan fingerprint density at radius 3 is 2.63 bits per heavy atom. The van der Waals surface area contributed by atoms with Crippen molar-refractivity contribution in [3.05, 3.63) is 66.0 Å². The maximum absolute atomic E-state index is 13.6. The van der Waals surface area contributed by atoms with E-state index in [0.29, 0.717) is 0 Å². The molecule has 6 nitrogen and oxygen atoms in total. The molecule has 0 spiro atoms. The lowest BCUT2D eigenvalue weighted by Crippen LogP contribution is -2.44. The van der Waals surface area contributed by atoms with Crippen molar-refractivity contribution >= 4 is 17.2 Å². The lowest BCUT2D eigenvalue weighted by molar-refractivity contribution is 0.0266. The number of dihydropyridines is 1. The van der Waals surface area contributed by atoms with Crippen LogP contribution in [0.1, 0.15) is 19.7 Å². The molecule has 154 valence electrons. The summed E-state index contributed by atoms with van der Waals surface area (Å²) in [5.74, 6) is 0.577. The van der Waals surface area contributed by atoms with Gasteiger partial charge < -0.3 is 4.74 Å². The Morgan fingerprint density at radius 1 is 1.13 bits per heavy atom. The summed E-state index contributed by atoms with van der Waals surface area (Å²) in [5, 5.41) is 0. The molecule has 1 fully saturated rings. The molecule has 4 heterocycles. The summed E-state index contributed by atoms with van der Waals surface area (Å²) in [6, 6.07) is 8.38. The van der Waals surface area contributed by atoms with Crippen LogP contribution in [0.25, 0.3) is 16.7 Å². The van der Waals surface area contributed by atoms with E-state index in [0.717, 1.165) is 48.8 Å². The number of nitrogens with zero attached hydrogens (tertiary/aromatic N) is 5. The summed E-state index contributed by atoms with van der Waals surface area (Å²) in [6.45, 7) is 7.50. The van der Waals surface area contributed by atoms with Gasteiger partial charge in [-0.2, -0.15) is 0 Å². The number of morpholine rings is 1. The first kappa shape index (κ1) is 19.1. The fraction of sp³-hybridized carbons (Fsp3) is 0.348. The Morgan fingerprint density at radius 2 is 1.90 bits per heavy atom. The number of hydrogen-bond acceptors (Lipinski definition) is 5. The number of imidazole rings is 1. The third-order valence-electron chi connectivity index (χ3n) is 6.13. The van der Waals surface area contributed by atoms with E-state index in [1.165, 1.54) is 17.7 Å². The molecule has 5 rings (SSSR count). The summed E-state index contributed by atoms with van der Waals surface area (Å²) in [5.41, 5.74) is 3.27. The lowest BCUT2D eigenvalue weighted by atomic mass is 9.80. The number of rotatable bonds is 3. The van der Waals surface area contributed by atoms with Gasteiger partial charge in [-0.05, 0) is 50.3 Å². The van der Waals surface area contributed by atoms with Crippen LogP contribution in [0.3, 0.4) is 0 Å². The van der Waals surface area contributed by atoms with E-state index in [1.807, 2.05) is 12.3 Å². The molecule has 1 saturated heterocycles. The van der Waals surface area contributed by atoms with Crippen LogP contribution in [0.15, 0.2) is 59.4 Å². The van der Waals surface area contributed by atoms with Crippen LogP contribution in [0, 0.1) is 5.82 Å². The predicted octanol–water partition coefficient (Wildman–Crippen LogP) is 3.51. The molecule has 7 heteroatoms. The number of aromatic nitrogens is 3. The molecule has 0 radical (unpaired) electrons. The van der Waals surface area contributed by atoms with Gasteiger partial charge >= 0.3 is 0 Å². The van der Waals surface area contributed by atoms with Crippen molar-refractivity contribution < 1.29 is 9.13 Å². The van der Waals surface area contributed by atoms with Crippen LogP contribution in [-0.2, 0) is 10.2 Å². The summed E-state index contributed by atoms with van der Waals surface area (Å²) >= 11 is 0. The lowest BCUT2D eigenvalue weighted by Gasteiger charge is -2.36. The third kappa shape index (κ3) is 3.14. The second-order valence-electron chi connectivity index (χ2n) is 8.00. The second-order valence-corrected chi connectivity index (χ2v) is 8.00. The van der Waals surface area contributed by atoms with Gasteiger partial charge in [-0.3, -0.25) is 19.4 Å². The molecule has 0 amide bonds. The number of ether oxygens (including phenoxy) is 1. The number of allylic oxidation sites excluding steroid dienone is 1. The largest absolute Gasteiger partial charge is 0.379 e. The number of benzene rings is 1. The SMILES string of the molecule is CC1=CC(N2CCOCC2)N=CC1(C)c1nc2ccncc2n1-c1ccc(F)cc1. The van der Waals surface area contributed by atoms with E-state index in [1.54, 1.807) is 24.5 Å². The van der Waals surface area contributed by atoms with Crippen molar-refractivity contribution in [3.8, 4) is 5.69 Å². The number of halogens is 1. The highest BCUT2D eigenvalue weighted by Gasteiger charge is 2.37. The Balaban J connectivity index is 1.61. The van der Waals surface area contributed by atoms with E-state index < -0.39 is 5.41 Å². The maximum atomic E-state index is 13.6. The molecule has 30 heavy (non-hydrogen) atoms. The molecule has 0 aliphatic carbocycles. The van der Waals surface area contributed by atoms with Gasteiger partial charge in [-0.15, -0.1) is 0 Å². The number of aliphatic imine (C=N–C) groups is 1. The number of hydrogen-bond donors (Lipinski definition) is 0. The molecule has 2 atom stereocenters. The molecule has 0 N–H and O–H groups in total. The topological polar surface area (TPSA) is 55.5 Å². The first-order valence-electron chi connectivity index (χ1n) is 10.2. The van der Waals surface area contributed by atoms with Crippen molar-refractivity contribution in [2.24, 2.45) is 4.99 Å². The number of pyridine rings is 1. The third-order valence-corrected chi connectivity index (χ3v) is 6.13. The van der Waals surface area contributed by atoms with Crippen LogP contribution in [0.5, 0.6) is 0 Å². The molecule has 0 bridgehead atoms. The Kier molecular flexibility index (Phi) is 4.72. The minimum Gasteiger partial charge on any atom is -0.379 e. The van der Waals surface area contributed by atoms with Gasteiger partial charge in [0.1, 0.15) is 17.8 Å². The van der Waals surface area contributed by atoms with Crippen LogP contribution >= 0.6 is 0 Å². The molecule has 0 saturated carbocycles. The highest BCUT2D eigenvalue weighted by molar-refractivity contribution is 5.83. The van der Waals surface area contributed by atoms with Gasteiger partial charge in [0.25, 0.3) is 0 Å². The average Bonchev–Trinajstić information content (AvgIpc) is 3.17. The van der Waals surface area contributed by atoms with Crippen molar-refractivity contribution in [1.82, 2.24) is 19.4 Å². The van der Waals surface area contributed by atoms with E-state index in [-0.39, 0.29) is 12.0 Å².